The summed E-state index contributed by atoms with van der Waals surface area (Å²) in [5.41, 5.74) is 0.483. The highest BCUT2D eigenvalue weighted by Crippen LogP contribution is 2.25. The first-order chi connectivity index (χ1) is 8.37. The van der Waals surface area contributed by atoms with Crippen LogP contribution in [0, 0.1) is 0 Å². The van der Waals surface area contributed by atoms with Gasteiger partial charge in [0.15, 0.2) is 0 Å². The molecule has 1 rings (SSSR count). The Morgan fingerprint density at radius 3 is 2.33 bits per heavy atom. The lowest BCUT2D eigenvalue weighted by molar-refractivity contribution is -0.274. The molecule has 0 atom stereocenters. The third-order valence-corrected chi connectivity index (χ3v) is 2.14. The number of nitrogens with zero attached hydrogens (tertiary/aromatic N) is 1. The molecule has 98 valence electrons. The molecule has 0 aromatic heterocycles. The first kappa shape index (κ1) is 14.1. The first-order valence-electron chi connectivity index (χ1n) is 5.17. The van der Waals surface area contributed by atoms with Crippen LogP contribution in [-0.2, 0) is 4.79 Å². The minimum Gasteiger partial charge on any atom is -0.406 e. The molecule has 0 bridgehead atoms. The van der Waals surface area contributed by atoms with Crippen molar-refractivity contribution in [3.05, 3.63) is 36.9 Å². The van der Waals surface area contributed by atoms with Crippen molar-refractivity contribution in [1.29, 1.82) is 0 Å². The van der Waals surface area contributed by atoms with E-state index in [1.165, 1.54) is 17.0 Å². The Balaban J connectivity index is 2.87. The van der Waals surface area contributed by atoms with Crippen molar-refractivity contribution in [1.82, 2.24) is 0 Å². The third kappa shape index (κ3) is 3.80. The molecule has 1 amide bonds. The molecule has 3 nitrogen and oxygen atoms in total. The number of ether oxygens (including phenoxy) is 1. The summed E-state index contributed by atoms with van der Waals surface area (Å²) < 4.78 is 39.6. The molecule has 0 N–H and O–H groups in total. The molecule has 0 aliphatic carbocycles. The van der Waals surface area contributed by atoms with Crippen molar-refractivity contribution in [2.24, 2.45) is 0 Å². The molecule has 0 unspecified atom stereocenters. The molecule has 0 saturated carbocycles. The number of hydrogen-bond acceptors (Lipinski definition) is 2. The van der Waals surface area contributed by atoms with E-state index >= 15 is 0 Å². The van der Waals surface area contributed by atoms with Gasteiger partial charge in [0.05, 0.1) is 0 Å². The van der Waals surface area contributed by atoms with Crippen LogP contribution in [0.5, 0.6) is 5.75 Å². The standard InChI is InChI=1S/C12H12F3NO2/c1-3-11(17)16(4-2)9-5-7-10(8-6-9)18-12(13,14)15/h3,5-8H,1,4H2,2H3. The SMILES string of the molecule is C=CC(=O)N(CC)c1ccc(OC(F)(F)F)cc1. The highest BCUT2D eigenvalue weighted by atomic mass is 19.4. The minimum atomic E-state index is -4.72. The van der Waals surface area contributed by atoms with E-state index in [-0.39, 0.29) is 11.7 Å². The summed E-state index contributed by atoms with van der Waals surface area (Å²) in [5.74, 6) is -0.643. The summed E-state index contributed by atoms with van der Waals surface area (Å²) >= 11 is 0. The van der Waals surface area contributed by atoms with Gasteiger partial charge in [-0.2, -0.15) is 0 Å². The average Bonchev–Trinajstić information content (AvgIpc) is 2.30. The van der Waals surface area contributed by atoms with E-state index in [2.05, 4.69) is 11.3 Å². The Morgan fingerprint density at radius 2 is 1.94 bits per heavy atom. The van der Waals surface area contributed by atoms with Crippen molar-refractivity contribution in [3.8, 4) is 5.75 Å². The van der Waals surface area contributed by atoms with Crippen molar-refractivity contribution < 1.29 is 22.7 Å². The van der Waals surface area contributed by atoms with Crippen molar-refractivity contribution in [2.75, 3.05) is 11.4 Å². The highest BCUT2D eigenvalue weighted by Gasteiger charge is 2.31. The van der Waals surface area contributed by atoms with E-state index in [0.717, 1.165) is 18.2 Å². The van der Waals surface area contributed by atoms with E-state index in [9.17, 15) is 18.0 Å². The summed E-state index contributed by atoms with van der Waals surface area (Å²) in [4.78, 5) is 12.8. The van der Waals surface area contributed by atoms with Gasteiger partial charge in [-0.1, -0.05) is 6.58 Å². The summed E-state index contributed by atoms with van der Waals surface area (Å²) in [6.07, 6.45) is -3.58. The fourth-order valence-corrected chi connectivity index (χ4v) is 1.40. The number of alkyl halides is 3. The number of rotatable bonds is 4. The number of carbonyl (C=O) groups excluding carboxylic acids is 1. The summed E-state index contributed by atoms with van der Waals surface area (Å²) in [6, 6.07) is 5.07. The smallest absolute Gasteiger partial charge is 0.406 e. The summed E-state index contributed by atoms with van der Waals surface area (Å²) in [5, 5.41) is 0. The zero-order chi connectivity index (χ0) is 13.8. The second kappa shape index (κ2) is 5.57. The fourth-order valence-electron chi connectivity index (χ4n) is 1.40. The van der Waals surface area contributed by atoms with Crippen LogP contribution < -0.4 is 9.64 Å². The Hall–Kier alpha value is -1.98. The van der Waals surface area contributed by atoms with Crippen molar-refractivity contribution >= 4 is 11.6 Å². The number of halogens is 3. The van der Waals surface area contributed by atoms with Gasteiger partial charge >= 0.3 is 6.36 Å². The van der Waals surface area contributed by atoms with Gasteiger partial charge in [-0.05, 0) is 37.3 Å². The lowest BCUT2D eigenvalue weighted by Gasteiger charge is -2.19. The molecular weight excluding hydrogens is 247 g/mol. The van der Waals surface area contributed by atoms with E-state index in [1.54, 1.807) is 6.92 Å². The van der Waals surface area contributed by atoms with Crippen LogP contribution in [0.4, 0.5) is 18.9 Å². The van der Waals surface area contributed by atoms with Gasteiger partial charge in [-0.25, -0.2) is 0 Å². The van der Waals surface area contributed by atoms with E-state index in [0.29, 0.717) is 12.2 Å². The summed E-state index contributed by atoms with van der Waals surface area (Å²) in [7, 11) is 0. The van der Waals surface area contributed by atoms with Gasteiger partial charge in [0.1, 0.15) is 5.75 Å². The van der Waals surface area contributed by atoms with Crippen LogP contribution in [0.25, 0.3) is 0 Å². The number of amides is 1. The van der Waals surface area contributed by atoms with Crippen molar-refractivity contribution in [3.63, 3.8) is 0 Å². The number of anilines is 1. The Bertz CT molecular complexity index is 426. The van der Waals surface area contributed by atoms with Gasteiger partial charge in [0, 0.05) is 12.2 Å². The lowest BCUT2D eigenvalue weighted by Crippen LogP contribution is -2.28. The molecule has 0 fully saturated rings. The van der Waals surface area contributed by atoms with E-state index in [1.807, 2.05) is 0 Å². The predicted octanol–water partition coefficient (Wildman–Crippen LogP) is 3.12. The Morgan fingerprint density at radius 1 is 1.39 bits per heavy atom. The van der Waals surface area contributed by atoms with Gasteiger partial charge in [0.2, 0.25) is 5.91 Å². The maximum absolute atomic E-state index is 11.9. The van der Waals surface area contributed by atoms with Crippen LogP contribution in [0.15, 0.2) is 36.9 Å². The highest BCUT2D eigenvalue weighted by molar-refractivity contribution is 6.00. The molecule has 0 radical (unpaired) electrons. The second-order valence-corrected chi connectivity index (χ2v) is 3.33. The number of carbonyl (C=O) groups is 1. The van der Waals surface area contributed by atoms with E-state index < -0.39 is 6.36 Å². The second-order valence-electron chi connectivity index (χ2n) is 3.33. The van der Waals surface area contributed by atoms with Crippen molar-refractivity contribution in [2.45, 2.75) is 13.3 Å². The zero-order valence-electron chi connectivity index (χ0n) is 9.70. The molecule has 0 heterocycles. The molecule has 0 aliphatic heterocycles. The van der Waals surface area contributed by atoms with Crippen LogP contribution in [0.3, 0.4) is 0 Å². The maximum Gasteiger partial charge on any atom is 0.573 e. The molecule has 1 aromatic rings. The first-order valence-corrected chi connectivity index (χ1v) is 5.17. The minimum absolute atomic E-state index is 0.318. The molecule has 0 spiro atoms. The molecule has 18 heavy (non-hydrogen) atoms. The monoisotopic (exact) mass is 259 g/mol. The topological polar surface area (TPSA) is 29.5 Å². The third-order valence-electron chi connectivity index (χ3n) is 2.14. The molecular formula is C12H12F3NO2. The van der Waals surface area contributed by atoms with Crippen LogP contribution >= 0.6 is 0 Å². The van der Waals surface area contributed by atoms with Crippen LogP contribution in [-0.4, -0.2) is 18.8 Å². The Labute approximate surface area is 102 Å². The van der Waals surface area contributed by atoms with Crippen LogP contribution in [0.2, 0.25) is 0 Å². The number of likely N-dealkylation sites (N-methyl/N-ethyl adjacent to an activating group) is 1. The van der Waals surface area contributed by atoms with Gasteiger partial charge in [0.25, 0.3) is 0 Å². The molecule has 1 aromatic carbocycles. The largest absolute Gasteiger partial charge is 0.573 e. The maximum atomic E-state index is 11.9. The Kier molecular flexibility index (Phi) is 4.36. The van der Waals surface area contributed by atoms with Gasteiger partial charge in [-0.3, -0.25) is 4.79 Å². The van der Waals surface area contributed by atoms with Gasteiger partial charge in [-0.15, -0.1) is 13.2 Å². The van der Waals surface area contributed by atoms with E-state index in [4.69, 9.17) is 0 Å². The predicted molar refractivity (Wildman–Crippen MR) is 61.3 cm³/mol. The average molecular weight is 259 g/mol. The van der Waals surface area contributed by atoms with Gasteiger partial charge < -0.3 is 9.64 Å². The molecule has 6 heteroatoms. The van der Waals surface area contributed by atoms with Crippen LogP contribution in [0.1, 0.15) is 6.92 Å². The fraction of sp³-hybridized carbons (Fsp3) is 0.250. The molecule has 0 aliphatic rings. The number of hydrogen-bond donors (Lipinski definition) is 0. The molecule has 0 saturated heterocycles. The lowest BCUT2D eigenvalue weighted by atomic mass is 10.2. The zero-order valence-corrected chi connectivity index (χ0v) is 9.70. The normalized spacial score (nSPS) is 10.9. The summed E-state index contributed by atoms with van der Waals surface area (Å²) in [6.45, 7) is 5.50. The number of benzene rings is 1. The quantitative estimate of drug-likeness (QED) is 0.777.